The van der Waals surface area contributed by atoms with Gasteiger partial charge in [0.15, 0.2) is 5.11 Å². The van der Waals surface area contributed by atoms with Crippen LogP contribution in [0.25, 0.3) is 0 Å². The monoisotopic (exact) mass is 130 g/mol. The van der Waals surface area contributed by atoms with Gasteiger partial charge >= 0.3 is 0 Å². The van der Waals surface area contributed by atoms with Gasteiger partial charge in [0.25, 0.3) is 0 Å². The molecule has 8 heavy (non-hydrogen) atoms. The summed E-state index contributed by atoms with van der Waals surface area (Å²) < 4.78 is 0. The second kappa shape index (κ2) is 4.59. The third-order valence-electron chi connectivity index (χ3n) is 0.579. The molecule has 0 fully saturated rings. The van der Waals surface area contributed by atoms with Crippen molar-refractivity contribution in [2.24, 2.45) is 5.73 Å². The number of hydrogen-bond donors (Lipinski definition) is 2. The molecule has 46 valence electrons. The van der Waals surface area contributed by atoms with Crippen molar-refractivity contribution in [2.75, 3.05) is 0 Å². The van der Waals surface area contributed by atoms with E-state index >= 15 is 0 Å². The van der Waals surface area contributed by atoms with Gasteiger partial charge in [-0.15, -0.1) is 0 Å². The van der Waals surface area contributed by atoms with Gasteiger partial charge in [-0.1, -0.05) is 13.0 Å². The first-order valence-corrected chi connectivity index (χ1v) is 2.89. The number of rotatable bonds is 2. The van der Waals surface area contributed by atoms with E-state index in [0.29, 0.717) is 5.11 Å². The van der Waals surface area contributed by atoms with Crippen LogP contribution in [0.5, 0.6) is 0 Å². The van der Waals surface area contributed by atoms with Crippen molar-refractivity contribution in [3.63, 3.8) is 0 Å². The van der Waals surface area contributed by atoms with Crippen molar-refractivity contribution in [2.45, 2.75) is 13.3 Å². The summed E-state index contributed by atoms with van der Waals surface area (Å²) in [6.45, 7) is 2.04. The number of hydrogen-bond acceptors (Lipinski definition) is 1. The van der Waals surface area contributed by atoms with Crippen molar-refractivity contribution in [1.82, 2.24) is 5.32 Å². The Morgan fingerprint density at radius 3 is 2.88 bits per heavy atom. The molecule has 0 bridgehead atoms. The Bertz CT molecular complexity index is 98.6. The second-order valence-electron chi connectivity index (χ2n) is 1.32. The molecule has 3 N–H and O–H groups in total. The molecule has 0 saturated heterocycles. The van der Waals surface area contributed by atoms with Crippen LogP contribution in [0.4, 0.5) is 0 Å². The molecule has 0 aliphatic heterocycles. The molecule has 0 aromatic rings. The van der Waals surface area contributed by atoms with E-state index in [1.807, 2.05) is 13.0 Å². The van der Waals surface area contributed by atoms with E-state index in [1.54, 1.807) is 6.20 Å². The first-order chi connectivity index (χ1) is 3.77. The maximum Gasteiger partial charge on any atom is 0.167 e. The number of nitrogens with one attached hydrogen (secondary N) is 1. The van der Waals surface area contributed by atoms with E-state index in [-0.39, 0.29) is 0 Å². The molecule has 0 aromatic carbocycles. The molecule has 0 aliphatic rings. The van der Waals surface area contributed by atoms with Crippen LogP contribution in [0.15, 0.2) is 12.3 Å². The van der Waals surface area contributed by atoms with Gasteiger partial charge in [-0.2, -0.15) is 0 Å². The van der Waals surface area contributed by atoms with Crippen LogP contribution in [-0.2, 0) is 0 Å². The average molecular weight is 130 g/mol. The van der Waals surface area contributed by atoms with Gasteiger partial charge in [-0.3, -0.25) is 0 Å². The van der Waals surface area contributed by atoms with Crippen LogP contribution in [-0.4, -0.2) is 5.11 Å². The summed E-state index contributed by atoms with van der Waals surface area (Å²) in [5.74, 6) is 0. The predicted octanol–water partition coefficient (Wildman–Crippen LogP) is 0.743. The molecule has 0 amide bonds. The molecule has 0 heterocycles. The summed E-state index contributed by atoms with van der Waals surface area (Å²) in [6.07, 6.45) is 4.68. The molecule has 0 rings (SSSR count). The molecule has 0 aromatic heterocycles. The molecule has 3 heteroatoms. The van der Waals surface area contributed by atoms with Crippen molar-refractivity contribution in [1.29, 1.82) is 0 Å². The maximum atomic E-state index is 5.10. The fourth-order valence-corrected chi connectivity index (χ4v) is 0.327. The fraction of sp³-hybridized carbons (Fsp3) is 0.400. The predicted molar refractivity (Wildman–Crippen MR) is 39.4 cm³/mol. The highest BCUT2D eigenvalue weighted by molar-refractivity contribution is 7.80. The molecule has 0 spiro atoms. The summed E-state index contributed by atoms with van der Waals surface area (Å²) >= 11 is 4.52. The lowest BCUT2D eigenvalue weighted by atomic mass is 10.5. The van der Waals surface area contributed by atoms with Crippen molar-refractivity contribution in [3.05, 3.63) is 12.3 Å². The summed E-state index contributed by atoms with van der Waals surface area (Å²) in [7, 11) is 0. The molecule has 0 radical (unpaired) electrons. The lowest BCUT2D eigenvalue weighted by molar-refractivity contribution is 1.17. The molecule has 0 atom stereocenters. The SMILES string of the molecule is CCC=CNC(N)=S. The Balaban J connectivity index is 3.16. The van der Waals surface area contributed by atoms with Gasteiger partial charge in [0.1, 0.15) is 0 Å². The Hall–Kier alpha value is -0.570. The van der Waals surface area contributed by atoms with Crippen LogP contribution >= 0.6 is 12.2 Å². The van der Waals surface area contributed by atoms with Gasteiger partial charge in [0.2, 0.25) is 0 Å². The van der Waals surface area contributed by atoms with Crippen molar-refractivity contribution in [3.8, 4) is 0 Å². The molecule has 0 unspecified atom stereocenters. The number of thiocarbonyl (C=S) groups is 1. The van der Waals surface area contributed by atoms with Crippen molar-refractivity contribution >= 4 is 17.3 Å². The standard InChI is InChI=1S/C5H10N2S/c1-2-3-4-7-5(6)8/h3-4H,2H2,1H3,(H3,6,7,8). The average Bonchev–Trinajstić information content (AvgIpc) is 1.66. The maximum absolute atomic E-state index is 5.10. The zero-order valence-electron chi connectivity index (χ0n) is 4.85. The largest absolute Gasteiger partial charge is 0.376 e. The second-order valence-corrected chi connectivity index (χ2v) is 1.76. The minimum atomic E-state index is 0.315. The zero-order chi connectivity index (χ0) is 6.41. The Morgan fingerprint density at radius 2 is 2.50 bits per heavy atom. The van der Waals surface area contributed by atoms with Gasteiger partial charge in [-0.25, -0.2) is 0 Å². The summed E-state index contributed by atoms with van der Waals surface area (Å²) in [6, 6.07) is 0. The van der Waals surface area contributed by atoms with E-state index < -0.39 is 0 Å². The van der Waals surface area contributed by atoms with E-state index in [0.717, 1.165) is 6.42 Å². The number of allylic oxidation sites excluding steroid dienone is 1. The Kier molecular flexibility index (Phi) is 4.26. The minimum absolute atomic E-state index is 0.315. The van der Waals surface area contributed by atoms with E-state index in [1.165, 1.54) is 0 Å². The third-order valence-corrected chi connectivity index (χ3v) is 0.697. The molecular formula is C5H10N2S. The van der Waals surface area contributed by atoms with Crippen LogP contribution < -0.4 is 11.1 Å². The molecule has 0 aliphatic carbocycles. The van der Waals surface area contributed by atoms with E-state index in [2.05, 4.69) is 17.5 Å². The molecule has 2 nitrogen and oxygen atoms in total. The quantitative estimate of drug-likeness (QED) is 0.541. The van der Waals surface area contributed by atoms with Gasteiger partial charge in [-0.05, 0) is 24.8 Å². The normalized spacial score (nSPS) is 9.62. The first kappa shape index (κ1) is 7.43. The lowest BCUT2D eigenvalue weighted by Gasteiger charge is -1.90. The topological polar surface area (TPSA) is 38.0 Å². The molecular weight excluding hydrogens is 120 g/mol. The van der Waals surface area contributed by atoms with Crippen LogP contribution in [0.2, 0.25) is 0 Å². The highest BCUT2D eigenvalue weighted by Gasteiger charge is 1.73. The first-order valence-electron chi connectivity index (χ1n) is 2.48. The van der Waals surface area contributed by atoms with Crippen LogP contribution in [0, 0.1) is 0 Å². The van der Waals surface area contributed by atoms with Gasteiger partial charge in [0, 0.05) is 0 Å². The third kappa shape index (κ3) is 5.43. The van der Waals surface area contributed by atoms with Crippen LogP contribution in [0.3, 0.4) is 0 Å². The summed E-state index contributed by atoms with van der Waals surface area (Å²) in [5, 5.41) is 2.99. The lowest BCUT2D eigenvalue weighted by Crippen LogP contribution is -2.23. The van der Waals surface area contributed by atoms with E-state index in [9.17, 15) is 0 Å². The number of nitrogens with two attached hydrogens (primary N) is 1. The van der Waals surface area contributed by atoms with E-state index in [4.69, 9.17) is 5.73 Å². The highest BCUT2D eigenvalue weighted by Crippen LogP contribution is 1.73. The minimum Gasteiger partial charge on any atom is -0.376 e. The Morgan fingerprint density at radius 1 is 1.88 bits per heavy atom. The molecule has 0 saturated carbocycles. The highest BCUT2D eigenvalue weighted by atomic mass is 32.1. The van der Waals surface area contributed by atoms with Crippen LogP contribution in [0.1, 0.15) is 13.3 Å². The summed E-state index contributed by atoms with van der Waals surface area (Å²) in [5.41, 5.74) is 5.10. The van der Waals surface area contributed by atoms with Gasteiger partial charge in [0.05, 0.1) is 0 Å². The van der Waals surface area contributed by atoms with Crippen molar-refractivity contribution < 1.29 is 0 Å². The van der Waals surface area contributed by atoms with Gasteiger partial charge < -0.3 is 11.1 Å². The summed E-state index contributed by atoms with van der Waals surface area (Å²) in [4.78, 5) is 0. The Labute approximate surface area is 54.8 Å². The fourth-order valence-electron chi connectivity index (χ4n) is 0.259. The zero-order valence-corrected chi connectivity index (χ0v) is 5.66. The smallest absolute Gasteiger partial charge is 0.167 e.